The summed E-state index contributed by atoms with van der Waals surface area (Å²) in [5.74, 6) is -0.205. The average molecular weight is 350 g/mol. The molecule has 0 radical (unpaired) electrons. The zero-order chi connectivity index (χ0) is 17.6. The number of morpholine rings is 1. The number of halogens is 1. The van der Waals surface area contributed by atoms with Gasteiger partial charge >= 0.3 is 6.09 Å². The zero-order valence-corrected chi connectivity index (χ0v) is 14.8. The molecule has 0 saturated carbocycles. The number of carbonyl (C=O) groups is 1. The lowest BCUT2D eigenvalue weighted by atomic mass is 10.0. The summed E-state index contributed by atoms with van der Waals surface area (Å²) >= 11 is 0. The molecule has 25 heavy (non-hydrogen) atoms. The van der Waals surface area contributed by atoms with E-state index in [1.165, 1.54) is 12.1 Å². The zero-order valence-electron chi connectivity index (χ0n) is 14.8. The molecule has 2 aliphatic heterocycles. The van der Waals surface area contributed by atoms with Crippen LogP contribution in [0.1, 0.15) is 25.3 Å². The number of amides is 1. The Morgan fingerprint density at radius 1 is 1.24 bits per heavy atom. The number of benzene rings is 1. The maximum absolute atomic E-state index is 13.0. The van der Waals surface area contributed by atoms with Crippen molar-refractivity contribution < 1.29 is 18.7 Å². The summed E-state index contributed by atoms with van der Waals surface area (Å²) in [6.45, 7) is 6.31. The van der Waals surface area contributed by atoms with Gasteiger partial charge < -0.3 is 14.4 Å². The molecule has 1 aromatic carbocycles. The molecule has 1 atom stereocenters. The van der Waals surface area contributed by atoms with Gasteiger partial charge in [-0.25, -0.2) is 9.18 Å². The normalized spacial score (nSPS) is 22.8. The van der Waals surface area contributed by atoms with E-state index in [1.54, 1.807) is 4.90 Å². The van der Waals surface area contributed by atoms with Crippen molar-refractivity contribution in [2.24, 2.45) is 0 Å². The standard InChI is InChI=1S/C19H27FN2O3/c1-2-24-19(23)21-9-7-17(8-10-21)22-11-12-25-18(14-22)13-15-3-5-16(20)6-4-15/h3-6,17-18H,2,7-14H2,1H3/t18-/m0/s1. The Bertz CT molecular complexity index is 558. The van der Waals surface area contributed by atoms with Gasteiger partial charge in [0.25, 0.3) is 0 Å². The molecule has 0 unspecified atom stereocenters. The van der Waals surface area contributed by atoms with E-state index in [0.717, 1.165) is 57.6 Å². The number of hydrogen-bond donors (Lipinski definition) is 0. The highest BCUT2D eigenvalue weighted by molar-refractivity contribution is 5.67. The summed E-state index contributed by atoms with van der Waals surface area (Å²) in [6, 6.07) is 7.15. The van der Waals surface area contributed by atoms with Crippen LogP contribution in [-0.2, 0) is 15.9 Å². The number of rotatable bonds is 4. The molecule has 6 heteroatoms. The first-order valence-corrected chi connectivity index (χ1v) is 9.17. The molecule has 0 aliphatic carbocycles. The van der Waals surface area contributed by atoms with Crippen molar-refractivity contribution in [1.29, 1.82) is 0 Å². The Labute approximate surface area is 148 Å². The van der Waals surface area contributed by atoms with E-state index in [9.17, 15) is 9.18 Å². The molecule has 0 N–H and O–H groups in total. The van der Waals surface area contributed by atoms with Crippen LogP contribution in [0, 0.1) is 5.82 Å². The highest BCUT2D eigenvalue weighted by Gasteiger charge is 2.31. The van der Waals surface area contributed by atoms with Crippen LogP contribution in [0.3, 0.4) is 0 Å². The van der Waals surface area contributed by atoms with Crippen molar-refractivity contribution in [2.45, 2.75) is 38.3 Å². The molecule has 1 amide bonds. The summed E-state index contributed by atoms with van der Waals surface area (Å²) in [7, 11) is 0. The van der Waals surface area contributed by atoms with E-state index in [0.29, 0.717) is 12.6 Å². The van der Waals surface area contributed by atoms with Crippen molar-refractivity contribution in [2.75, 3.05) is 39.4 Å². The van der Waals surface area contributed by atoms with Gasteiger partial charge in [-0.3, -0.25) is 4.90 Å². The minimum Gasteiger partial charge on any atom is -0.450 e. The van der Waals surface area contributed by atoms with Gasteiger partial charge in [-0.05, 0) is 43.9 Å². The van der Waals surface area contributed by atoms with Crippen LogP contribution in [0.25, 0.3) is 0 Å². The number of piperidine rings is 1. The molecule has 0 aromatic heterocycles. The van der Waals surface area contributed by atoms with E-state index in [2.05, 4.69) is 4.90 Å². The molecule has 2 aliphatic rings. The quantitative estimate of drug-likeness (QED) is 0.837. The van der Waals surface area contributed by atoms with Crippen LogP contribution >= 0.6 is 0 Å². The van der Waals surface area contributed by atoms with Crippen LogP contribution in [0.4, 0.5) is 9.18 Å². The van der Waals surface area contributed by atoms with Crippen LogP contribution < -0.4 is 0 Å². The lowest BCUT2D eigenvalue weighted by Gasteiger charge is -2.42. The maximum Gasteiger partial charge on any atom is 0.409 e. The Kier molecular flexibility index (Phi) is 6.26. The predicted molar refractivity (Wildman–Crippen MR) is 93.0 cm³/mol. The van der Waals surface area contributed by atoms with Gasteiger partial charge in [0.1, 0.15) is 5.82 Å². The smallest absolute Gasteiger partial charge is 0.409 e. The van der Waals surface area contributed by atoms with E-state index < -0.39 is 0 Å². The van der Waals surface area contributed by atoms with Crippen molar-refractivity contribution in [1.82, 2.24) is 9.80 Å². The van der Waals surface area contributed by atoms with Crippen LogP contribution in [-0.4, -0.2) is 67.4 Å². The molecule has 3 rings (SSSR count). The minimum absolute atomic E-state index is 0.141. The number of likely N-dealkylation sites (tertiary alicyclic amines) is 1. The van der Waals surface area contributed by atoms with Gasteiger partial charge in [0.2, 0.25) is 0 Å². The number of carbonyl (C=O) groups excluding carboxylic acids is 1. The monoisotopic (exact) mass is 350 g/mol. The Morgan fingerprint density at radius 3 is 2.64 bits per heavy atom. The maximum atomic E-state index is 13.0. The first kappa shape index (κ1) is 18.1. The fraction of sp³-hybridized carbons (Fsp3) is 0.632. The fourth-order valence-corrected chi connectivity index (χ4v) is 3.71. The lowest BCUT2D eigenvalue weighted by molar-refractivity contribution is -0.0507. The molecule has 0 spiro atoms. The molecule has 2 fully saturated rings. The Morgan fingerprint density at radius 2 is 1.96 bits per heavy atom. The van der Waals surface area contributed by atoms with E-state index in [1.807, 2.05) is 19.1 Å². The van der Waals surface area contributed by atoms with Gasteiger partial charge in [-0.15, -0.1) is 0 Å². The second-order valence-corrected chi connectivity index (χ2v) is 6.74. The summed E-state index contributed by atoms with van der Waals surface area (Å²) < 4.78 is 24.0. The number of nitrogens with zero attached hydrogens (tertiary/aromatic N) is 2. The first-order valence-electron chi connectivity index (χ1n) is 9.17. The van der Waals surface area contributed by atoms with E-state index >= 15 is 0 Å². The van der Waals surface area contributed by atoms with E-state index in [-0.39, 0.29) is 18.0 Å². The fourth-order valence-electron chi connectivity index (χ4n) is 3.71. The van der Waals surface area contributed by atoms with Gasteiger partial charge in [0, 0.05) is 32.2 Å². The van der Waals surface area contributed by atoms with Gasteiger partial charge in [0.15, 0.2) is 0 Å². The molecule has 1 aromatic rings. The topological polar surface area (TPSA) is 42.0 Å². The number of hydrogen-bond acceptors (Lipinski definition) is 4. The third-order valence-corrected chi connectivity index (χ3v) is 5.05. The van der Waals surface area contributed by atoms with Crippen molar-refractivity contribution in [3.8, 4) is 0 Å². The summed E-state index contributed by atoms with van der Waals surface area (Å²) in [5.41, 5.74) is 1.10. The van der Waals surface area contributed by atoms with Gasteiger partial charge in [-0.2, -0.15) is 0 Å². The molecule has 2 saturated heterocycles. The van der Waals surface area contributed by atoms with Gasteiger partial charge in [0.05, 0.1) is 19.3 Å². The first-order chi connectivity index (χ1) is 12.2. The highest BCUT2D eigenvalue weighted by atomic mass is 19.1. The molecule has 138 valence electrons. The molecule has 0 bridgehead atoms. The largest absolute Gasteiger partial charge is 0.450 e. The summed E-state index contributed by atoms with van der Waals surface area (Å²) in [6.07, 6.45) is 2.70. The SMILES string of the molecule is CCOC(=O)N1CCC(N2CCO[C@@H](Cc3ccc(F)cc3)C2)CC1. The molecular weight excluding hydrogens is 323 g/mol. The van der Waals surface area contributed by atoms with Gasteiger partial charge in [-0.1, -0.05) is 12.1 Å². The summed E-state index contributed by atoms with van der Waals surface area (Å²) in [5, 5.41) is 0. The van der Waals surface area contributed by atoms with Crippen LogP contribution in [0.5, 0.6) is 0 Å². The van der Waals surface area contributed by atoms with Crippen LogP contribution in [0.15, 0.2) is 24.3 Å². The third kappa shape index (κ3) is 4.92. The third-order valence-electron chi connectivity index (χ3n) is 5.05. The second kappa shape index (κ2) is 8.63. The molecule has 5 nitrogen and oxygen atoms in total. The molecule has 2 heterocycles. The second-order valence-electron chi connectivity index (χ2n) is 6.74. The number of ether oxygens (including phenoxy) is 2. The molecular formula is C19H27FN2O3. The average Bonchev–Trinajstić information content (AvgIpc) is 2.64. The summed E-state index contributed by atoms with van der Waals surface area (Å²) in [4.78, 5) is 16.1. The highest BCUT2D eigenvalue weighted by Crippen LogP contribution is 2.21. The Balaban J connectivity index is 1.48. The Hall–Kier alpha value is -1.66. The lowest BCUT2D eigenvalue weighted by Crippen LogP contribution is -2.52. The van der Waals surface area contributed by atoms with E-state index in [4.69, 9.17) is 9.47 Å². The minimum atomic E-state index is -0.205. The van der Waals surface area contributed by atoms with Crippen molar-refractivity contribution in [3.05, 3.63) is 35.6 Å². The van der Waals surface area contributed by atoms with Crippen molar-refractivity contribution in [3.63, 3.8) is 0 Å². The van der Waals surface area contributed by atoms with Crippen molar-refractivity contribution >= 4 is 6.09 Å². The van der Waals surface area contributed by atoms with Crippen LogP contribution in [0.2, 0.25) is 0 Å². The predicted octanol–water partition coefficient (Wildman–Crippen LogP) is 2.69.